The van der Waals surface area contributed by atoms with Crippen molar-refractivity contribution in [3.05, 3.63) is 49.8 Å². The van der Waals surface area contributed by atoms with Crippen molar-refractivity contribution in [2.24, 2.45) is 5.10 Å². The van der Waals surface area contributed by atoms with Gasteiger partial charge in [-0.25, -0.2) is 5.01 Å². The zero-order chi connectivity index (χ0) is 17.2. The Hall–Kier alpha value is -1.55. The van der Waals surface area contributed by atoms with E-state index in [1.54, 1.807) is 27.7 Å². The smallest absolute Gasteiger partial charge is 0.253 e. The lowest BCUT2D eigenvalue weighted by Gasteiger charge is -2.20. The van der Waals surface area contributed by atoms with Gasteiger partial charge in [-0.2, -0.15) is 5.10 Å². The molecule has 0 saturated carbocycles. The maximum Gasteiger partial charge on any atom is 0.253 e. The van der Waals surface area contributed by atoms with Gasteiger partial charge in [0.2, 0.25) is 0 Å². The second-order valence-corrected chi connectivity index (χ2v) is 9.70. The lowest BCUT2D eigenvalue weighted by molar-refractivity contribution is -0.130. The van der Waals surface area contributed by atoms with Crippen LogP contribution in [0.1, 0.15) is 27.2 Å². The van der Waals surface area contributed by atoms with Gasteiger partial charge >= 0.3 is 0 Å². The van der Waals surface area contributed by atoms with Gasteiger partial charge in [-0.15, -0.1) is 32.9 Å². The first kappa shape index (κ1) is 16.9. The van der Waals surface area contributed by atoms with Gasteiger partial charge in [-0.05, 0) is 29.8 Å². The number of hydrazone groups is 1. The molecule has 0 N–H and O–H groups in total. The van der Waals surface area contributed by atoms with Crippen LogP contribution >= 0.6 is 45.8 Å². The van der Waals surface area contributed by atoms with E-state index in [9.17, 15) is 4.79 Å². The van der Waals surface area contributed by atoms with E-state index < -0.39 is 0 Å². The van der Waals surface area contributed by atoms with Crippen LogP contribution in [0.4, 0.5) is 0 Å². The lowest BCUT2D eigenvalue weighted by Crippen LogP contribution is -2.28. The summed E-state index contributed by atoms with van der Waals surface area (Å²) < 4.78 is 0.820. The van der Waals surface area contributed by atoms with Crippen molar-refractivity contribution in [2.45, 2.75) is 23.7 Å². The summed E-state index contributed by atoms with van der Waals surface area (Å²) in [6.07, 6.45) is 0.759. The van der Waals surface area contributed by atoms with Gasteiger partial charge in [0.05, 0.1) is 22.4 Å². The number of rotatable bonds is 5. The largest absolute Gasteiger partial charge is 0.272 e. The first-order chi connectivity index (χ1) is 12.2. The summed E-state index contributed by atoms with van der Waals surface area (Å²) in [5.74, 6) is 0.320. The van der Waals surface area contributed by atoms with E-state index in [4.69, 9.17) is 0 Å². The summed E-state index contributed by atoms with van der Waals surface area (Å²) in [6.45, 7) is 1.91. The number of carbonyl (C=O) groups is 1. The Bertz CT molecular complexity index is 885. The molecule has 0 spiro atoms. The molecule has 25 heavy (non-hydrogen) atoms. The Morgan fingerprint density at radius 1 is 1.28 bits per heavy atom. The van der Waals surface area contributed by atoms with Crippen LogP contribution in [0, 0.1) is 6.92 Å². The van der Waals surface area contributed by atoms with Gasteiger partial charge in [0.1, 0.15) is 5.01 Å². The van der Waals surface area contributed by atoms with Gasteiger partial charge in [0.15, 0.2) is 4.34 Å². The van der Waals surface area contributed by atoms with E-state index in [1.807, 2.05) is 29.8 Å². The molecule has 128 valence electrons. The molecule has 5 nitrogen and oxygen atoms in total. The number of hydrogen-bond donors (Lipinski definition) is 0. The molecule has 4 heterocycles. The minimum absolute atomic E-state index is 0.00260. The van der Waals surface area contributed by atoms with Crippen LogP contribution in [0.3, 0.4) is 0 Å². The van der Waals surface area contributed by atoms with Gasteiger partial charge in [0, 0.05) is 11.3 Å². The molecule has 1 amide bonds. The van der Waals surface area contributed by atoms with Crippen LogP contribution in [0.2, 0.25) is 0 Å². The number of carbonyl (C=O) groups excluding carboxylic acids is 1. The lowest BCUT2D eigenvalue weighted by atomic mass is 10.1. The van der Waals surface area contributed by atoms with Gasteiger partial charge in [0.25, 0.3) is 5.91 Å². The van der Waals surface area contributed by atoms with Crippen molar-refractivity contribution in [3.8, 4) is 0 Å². The highest BCUT2D eigenvalue weighted by molar-refractivity contribution is 8.01. The number of hydrogen-bond acceptors (Lipinski definition) is 8. The zero-order valence-electron chi connectivity index (χ0n) is 13.3. The molecule has 1 atom stereocenters. The molecule has 4 rings (SSSR count). The Kier molecular flexibility index (Phi) is 4.98. The topological polar surface area (TPSA) is 58.5 Å². The van der Waals surface area contributed by atoms with E-state index in [2.05, 4.69) is 27.4 Å². The standard InChI is InChI=1S/C16H14N4OS4/c1-10-17-18-16(25-10)24-9-15(21)20-12(14-5-3-7-23-14)8-11(19-20)13-4-2-6-22-13/h2-7,12H,8-9H2,1H3/t12-/m0/s1. The molecule has 3 aromatic rings. The number of amides is 1. The summed E-state index contributed by atoms with van der Waals surface area (Å²) in [4.78, 5) is 15.1. The Morgan fingerprint density at radius 3 is 2.80 bits per heavy atom. The van der Waals surface area contributed by atoms with Crippen LogP contribution < -0.4 is 0 Å². The molecule has 3 aromatic heterocycles. The highest BCUT2D eigenvalue weighted by Crippen LogP contribution is 2.36. The molecule has 0 bridgehead atoms. The third-order valence-corrected chi connectivity index (χ3v) is 7.52. The molecule has 1 aliphatic heterocycles. The molecule has 0 aromatic carbocycles. The van der Waals surface area contributed by atoms with E-state index in [1.165, 1.54) is 28.0 Å². The zero-order valence-corrected chi connectivity index (χ0v) is 16.6. The summed E-state index contributed by atoms with van der Waals surface area (Å²) >= 11 is 6.26. The van der Waals surface area contributed by atoms with Crippen molar-refractivity contribution >= 4 is 57.4 Å². The fourth-order valence-corrected chi connectivity index (χ4v) is 5.76. The maximum atomic E-state index is 12.8. The molecule has 0 radical (unpaired) electrons. The minimum Gasteiger partial charge on any atom is -0.272 e. The van der Waals surface area contributed by atoms with E-state index in [-0.39, 0.29) is 11.9 Å². The molecule has 1 aliphatic rings. The molecule has 0 unspecified atom stereocenters. The fraction of sp³-hybridized carbons (Fsp3) is 0.250. The van der Waals surface area contributed by atoms with E-state index in [0.717, 1.165) is 26.4 Å². The predicted octanol–water partition coefficient (Wildman–Crippen LogP) is 4.44. The van der Waals surface area contributed by atoms with Crippen molar-refractivity contribution in [2.75, 3.05) is 5.75 Å². The molecular weight excluding hydrogens is 392 g/mol. The van der Waals surface area contributed by atoms with Gasteiger partial charge < -0.3 is 0 Å². The van der Waals surface area contributed by atoms with Gasteiger partial charge in [-0.3, -0.25) is 4.79 Å². The molecule has 0 saturated heterocycles. The third kappa shape index (κ3) is 3.69. The van der Waals surface area contributed by atoms with Crippen LogP contribution in [0.15, 0.2) is 44.5 Å². The number of aromatic nitrogens is 2. The summed E-state index contributed by atoms with van der Waals surface area (Å²) in [5, 5.41) is 19.4. The van der Waals surface area contributed by atoms with E-state index >= 15 is 0 Å². The second kappa shape index (κ2) is 7.36. The molecule has 0 fully saturated rings. The predicted molar refractivity (Wildman–Crippen MR) is 105 cm³/mol. The quantitative estimate of drug-likeness (QED) is 0.588. The first-order valence-corrected chi connectivity index (χ1v) is 11.2. The van der Waals surface area contributed by atoms with Crippen LogP contribution in [0.25, 0.3) is 0 Å². The maximum absolute atomic E-state index is 12.8. The number of thioether (sulfide) groups is 1. The van der Waals surface area contributed by atoms with Crippen molar-refractivity contribution in [1.82, 2.24) is 15.2 Å². The van der Waals surface area contributed by atoms with Crippen LogP contribution in [0.5, 0.6) is 0 Å². The highest BCUT2D eigenvalue weighted by atomic mass is 32.2. The SMILES string of the molecule is Cc1nnc(SCC(=O)N2N=C(c3cccs3)C[C@H]2c2cccs2)s1. The fourth-order valence-electron chi connectivity index (χ4n) is 2.56. The second-order valence-electron chi connectivity index (χ2n) is 5.37. The monoisotopic (exact) mass is 406 g/mol. The summed E-state index contributed by atoms with van der Waals surface area (Å²) in [7, 11) is 0. The molecular formula is C16H14N4OS4. The molecule has 9 heteroatoms. The number of thiophene rings is 2. The highest BCUT2D eigenvalue weighted by Gasteiger charge is 2.34. The van der Waals surface area contributed by atoms with Crippen LogP contribution in [-0.4, -0.2) is 32.6 Å². The average Bonchev–Trinajstić information content (AvgIpc) is 3.38. The Labute approximate surface area is 161 Å². The number of aryl methyl sites for hydroxylation is 1. The van der Waals surface area contributed by atoms with Crippen LogP contribution in [-0.2, 0) is 4.79 Å². The first-order valence-electron chi connectivity index (χ1n) is 7.60. The average molecular weight is 407 g/mol. The third-order valence-electron chi connectivity index (χ3n) is 3.67. The minimum atomic E-state index is -0.0126. The van der Waals surface area contributed by atoms with Crippen molar-refractivity contribution in [1.29, 1.82) is 0 Å². The van der Waals surface area contributed by atoms with Crippen molar-refractivity contribution in [3.63, 3.8) is 0 Å². The molecule has 0 aliphatic carbocycles. The number of nitrogens with zero attached hydrogens (tertiary/aromatic N) is 4. The Morgan fingerprint density at radius 2 is 2.12 bits per heavy atom. The summed E-state index contributed by atoms with van der Waals surface area (Å²) in [5.41, 5.74) is 0.985. The normalized spacial score (nSPS) is 17.1. The Balaban J connectivity index is 1.53. The van der Waals surface area contributed by atoms with E-state index in [0.29, 0.717) is 5.75 Å². The van der Waals surface area contributed by atoms with Gasteiger partial charge in [-0.1, -0.05) is 35.2 Å². The summed E-state index contributed by atoms with van der Waals surface area (Å²) in [6, 6.07) is 8.15. The van der Waals surface area contributed by atoms with Crippen molar-refractivity contribution < 1.29 is 4.79 Å².